The van der Waals surface area contributed by atoms with Gasteiger partial charge in [0, 0.05) is 7.05 Å². The van der Waals surface area contributed by atoms with E-state index in [1.807, 2.05) is 0 Å². The first kappa shape index (κ1) is 15.3. The summed E-state index contributed by atoms with van der Waals surface area (Å²) in [5.41, 5.74) is -0.114. The average molecular weight is 324 g/mol. The van der Waals surface area contributed by atoms with Crippen LogP contribution in [0.25, 0.3) is 11.4 Å². The molecule has 0 unspecified atom stereocenters. The third-order valence-electron chi connectivity index (χ3n) is 2.71. The van der Waals surface area contributed by atoms with Crippen molar-refractivity contribution in [3.05, 3.63) is 38.7 Å². The summed E-state index contributed by atoms with van der Waals surface area (Å²) in [5, 5.41) is 1.82. The van der Waals surface area contributed by atoms with Crippen molar-refractivity contribution in [1.29, 1.82) is 0 Å². The lowest BCUT2D eigenvalue weighted by Crippen LogP contribution is -2.36. The van der Waals surface area contributed by atoms with Crippen LogP contribution in [0.3, 0.4) is 0 Å². The van der Waals surface area contributed by atoms with Gasteiger partial charge < -0.3 is 0 Å². The summed E-state index contributed by atoms with van der Waals surface area (Å²) in [4.78, 5) is 19.9. The molecule has 6 nitrogen and oxygen atoms in total. The Morgan fingerprint density at radius 2 is 2.00 bits per heavy atom. The molecule has 108 valence electrons. The Kier molecular flexibility index (Phi) is 4.48. The number of benzene rings is 1. The van der Waals surface area contributed by atoms with Crippen LogP contribution in [0.2, 0.25) is 10.0 Å². The van der Waals surface area contributed by atoms with Crippen molar-refractivity contribution in [2.45, 2.75) is 0 Å². The van der Waals surface area contributed by atoms with E-state index in [1.54, 1.807) is 18.2 Å². The molecule has 0 radical (unpaired) electrons. The summed E-state index contributed by atoms with van der Waals surface area (Å²) in [6, 6.07) is 5.00. The zero-order valence-corrected chi connectivity index (χ0v) is 12.6. The molecular formula is C13H11Cl2N5O. The van der Waals surface area contributed by atoms with E-state index in [1.165, 1.54) is 11.6 Å². The summed E-state index contributed by atoms with van der Waals surface area (Å²) in [5.74, 6) is 8.30. The van der Waals surface area contributed by atoms with E-state index >= 15 is 0 Å². The predicted molar refractivity (Wildman–Crippen MR) is 83.1 cm³/mol. The summed E-state index contributed by atoms with van der Waals surface area (Å²) in [7, 11) is 1.52. The third-order valence-corrected chi connectivity index (χ3v) is 3.34. The molecule has 0 aliphatic rings. The summed E-state index contributed by atoms with van der Waals surface area (Å²) in [6.45, 7) is 0.0584. The predicted octanol–water partition coefficient (Wildman–Crippen LogP) is 1.46. The molecule has 0 atom stereocenters. The number of terminal acetylenes is 1. The maximum atomic E-state index is 12.0. The molecule has 21 heavy (non-hydrogen) atoms. The average Bonchev–Trinajstić information content (AvgIpc) is 2.43. The lowest BCUT2D eigenvalue weighted by molar-refractivity contribution is 0.757. The van der Waals surface area contributed by atoms with Crippen molar-refractivity contribution in [2.24, 2.45) is 12.9 Å². The Bertz CT molecular complexity index is 761. The number of hydrogen-bond donors (Lipinski definition) is 1. The maximum Gasteiger partial charge on any atom is 0.352 e. The number of aromatic nitrogens is 3. The van der Waals surface area contributed by atoms with Gasteiger partial charge in [0.05, 0.1) is 22.2 Å². The molecule has 8 heteroatoms. The van der Waals surface area contributed by atoms with Crippen LogP contribution < -0.4 is 16.5 Å². The van der Waals surface area contributed by atoms with Gasteiger partial charge in [-0.2, -0.15) is 9.97 Å². The zero-order chi connectivity index (χ0) is 15.6. The molecular weight excluding hydrogens is 313 g/mol. The Labute approximate surface area is 131 Å². The number of nitrogens with two attached hydrogens (primary N) is 1. The highest BCUT2D eigenvalue weighted by Gasteiger charge is 2.17. The minimum absolute atomic E-state index is 0.00189. The SMILES string of the molecule is C#CCN(N)c1nc(-c2c(Cl)cccc2Cl)n(C)c(=O)n1. The monoisotopic (exact) mass is 323 g/mol. The third kappa shape index (κ3) is 3.00. The Morgan fingerprint density at radius 1 is 1.38 bits per heavy atom. The number of anilines is 1. The summed E-state index contributed by atoms with van der Waals surface area (Å²) >= 11 is 12.3. The van der Waals surface area contributed by atoms with E-state index in [0.717, 1.165) is 5.01 Å². The highest BCUT2D eigenvalue weighted by molar-refractivity contribution is 6.39. The lowest BCUT2D eigenvalue weighted by atomic mass is 10.2. The number of halogens is 2. The molecule has 2 rings (SSSR count). The molecule has 0 aliphatic carbocycles. The highest BCUT2D eigenvalue weighted by Crippen LogP contribution is 2.32. The quantitative estimate of drug-likeness (QED) is 0.525. The summed E-state index contributed by atoms with van der Waals surface area (Å²) < 4.78 is 1.24. The van der Waals surface area contributed by atoms with Crippen molar-refractivity contribution in [3.8, 4) is 23.7 Å². The molecule has 0 amide bonds. The fourth-order valence-electron chi connectivity index (χ4n) is 1.68. The standard InChI is InChI=1S/C13H11Cl2N5O/c1-3-7-20(16)12-17-11(19(2)13(21)18-12)10-8(14)5-4-6-9(10)15/h1,4-6H,7,16H2,2H3. The second-order valence-corrected chi connectivity index (χ2v) is 4.93. The number of rotatable bonds is 3. The van der Waals surface area contributed by atoms with Crippen LogP contribution in [0.1, 0.15) is 0 Å². The van der Waals surface area contributed by atoms with E-state index in [2.05, 4.69) is 15.9 Å². The van der Waals surface area contributed by atoms with E-state index < -0.39 is 5.69 Å². The molecule has 0 fully saturated rings. The Balaban J connectivity index is 2.70. The van der Waals surface area contributed by atoms with Gasteiger partial charge in [-0.3, -0.25) is 9.58 Å². The van der Waals surface area contributed by atoms with Crippen LogP contribution in [-0.2, 0) is 7.05 Å². The molecule has 1 aromatic carbocycles. The Morgan fingerprint density at radius 3 is 2.57 bits per heavy atom. The van der Waals surface area contributed by atoms with Crippen molar-refractivity contribution in [2.75, 3.05) is 11.6 Å². The molecule has 2 aromatic rings. The largest absolute Gasteiger partial charge is 0.352 e. The first-order valence-corrected chi connectivity index (χ1v) is 6.56. The van der Waals surface area contributed by atoms with E-state index in [4.69, 9.17) is 35.5 Å². The van der Waals surface area contributed by atoms with Gasteiger partial charge in [-0.05, 0) is 12.1 Å². The number of nitrogens with zero attached hydrogens (tertiary/aromatic N) is 4. The molecule has 0 saturated heterocycles. The van der Waals surface area contributed by atoms with Gasteiger partial charge in [0.25, 0.3) is 0 Å². The molecule has 0 bridgehead atoms. The van der Waals surface area contributed by atoms with Crippen molar-refractivity contribution in [3.63, 3.8) is 0 Å². The fraction of sp³-hybridized carbons (Fsp3) is 0.154. The Hall–Kier alpha value is -2.07. The van der Waals surface area contributed by atoms with E-state index in [0.29, 0.717) is 15.6 Å². The first-order chi connectivity index (χ1) is 9.95. The van der Waals surface area contributed by atoms with Crippen LogP contribution in [0.5, 0.6) is 0 Å². The minimum Gasteiger partial charge on any atom is -0.279 e. The van der Waals surface area contributed by atoms with Gasteiger partial charge in [0.1, 0.15) is 0 Å². The molecule has 0 spiro atoms. The molecule has 0 saturated carbocycles. The summed E-state index contributed by atoms with van der Waals surface area (Å²) in [6.07, 6.45) is 5.18. The zero-order valence-electron chi connectivity index (χ0n) is 11.0. The second kappa shape index (κ2) is 6.14. The van der Waals surface area contributed by atoms with Crippen LogP contribution in [-0.4, -0.2) is 21.1 Å². The molecule has 1 aromatic heterocycles. The van der Waals surface area contributed by atoms with Gasteiger partial charge >= 0.3 is 5.69 Å². The van der Waals surface area contributed by atoms with Gasteiger partial charge in [-0.25, -0.2) is 10.6 Å². The molecule has 0 aliphatic heterocycles. The fourth-order valence-corrected chi connectivity index (χ4v) is 2.24. The molecule has 1 heterocycles. The van der Waals surface area contributed by atoms with Crippen LogP contribution >= 0.6 is 23.2 Å². The number of hydrogen-bond acceptors (Lipinski definition) is 5. The van der Waals surface area contributed by atoms with Crippen LogP contribution in [0.15, 0.2) is 23.0 Å². The van der Waals surface area contributed by atoms with Gasteiger partial charge in [0.2, 0.25) is 5.95 Å². The van der Waals surface area contributed by atoms with Crippen LogP contribution in [0, 0.1) is 12.3 Å². The smallest absolute Gasteiger partial charge is 0.279 e. The van der Waals surface area contributed by atoms with Gasteiger partial charge in [-0.15, -0.1) is 6.42 Å². The second-order valence-electron chi connectivity index (χ2n) is 4.12. The minimum atomic E-state index is -0.543. The topological polar surface area (TPSA) is 77.0 Å². The van der Waals surface area contributed by atoms with E-state index in [-0.39, 0.29) is 18.3 Å². The van der Waals surface area contributed by atoms with E-state index in [9.17, 15) is 4.79 Å². The first-order valence-electron chi connectivity index (χ1n) is 5.81. The normalized spacial score (nSPS) is 10.2. The van der Waals surface area contributed by atoms with Crippen molar-refractivity contribution < 1.29 is 0 Å². The lowest BCUT2D eigenvalue weighted by Gasteiger charge is -2.16. The molecule has 2 N–H and O–H groups in total. The van der Waals surface area contributed by atoms with Gasteiger partial charge in [0.15, 0.2) is 5.82 Å². The maximum absolute atomic E-state index is 12.0. The van der Waals surface area contributed by atoms with Crippen LogP contribution in [0.4, 0.5) is 5.95 Å². The van der Waals surface area contributed by atoms with Crippen molar-refractivity contribution in [1.82, 2.24) is 14.5 Å². The van der Waals surface area contributed by atoms with Gasteiger partial charge in [-0.1, -0.05) is 35.2 Å². The van der Waals surface area contributed by atoms with Crippen molar-refractivity contribution >= 4 is 29.2 Å². The highest BCUT2D eigenvalue weighted by atomic mass is 35.5. The number of hydrazine groups is 1.